The molecule has 3 saturated heterocycles. The Balaban J connectivity index is 1.43. The van der Waals surface area contributed by atoms with E-state index < -0.39 is 157 Å². The van der Waals surface area contributed by atoms with E-state index in [-0.39, 0.29) is 11.3 Å². The third-order valence-electron chi connectivity index (χ3n) is 9.44. The highest BCUT2D eigenvalue weighted by atomic mass is 16.8. The van der Waals surface area contributed by atoms with Crippen molar-refractivity contribution in [3.05, 3.63) is 40.6 Å². The van der Waals surface area contributed by atoms with Gasteiger partial charge in [0.05, 0.1) is 19.8 Å². The second-order valence-corrected chi connectivity index (χ2v) is 13.0. The van der Waals surface area contributed by atoms with Crippen LogP contribution in [-0.2, 0) is 18.9 Å². The summed E-state index contributed by atoms with van der Waals surface area (Å²) >= 11 is 0. The van der Waals surface area contributed by atoms with Crippen LogP contribution in [0.15, 0.2) is 39.5 Å². The highest BCUT2D eigenvalue weighted by Crippen LogP contribution is 2.41. The predicted molar refractivity (Wildman–Crippen MR) is 174 cm³/mol. The molecule has 4 heterocycles. The molecule has 14 N–H and O–H groups in total. The molecular formula is C33H40O22. The van der Waals surface area contributed by atoms with E-state index in [0.717, 1.165) is 24.3 Å². The standard InChI is InChI=1S/C33H40O22/c34-6-15-19(40)23(44)26(47)31(51-15)49-10-4-13(39)18-14(5-10)50-28(9-1-2-11(37)12(38)3-9)29(22(18)43)54-33-30(25(46)21(42)17(8-36)53-33)55-32-27(48)24(45)20(41)16(7-35)52-32/h1-5,15-17,19-21,23-27,30-42,44-48H,6-8H2/t15-,16-,17-,19-,20-,21-,23+,24+,25+,26-,27-,30-,31-,32+,33-/m1/s1. The van der Waals surface area contributed by atoms with Gasteiger partial charge < -0.3 is 104 Å². The molecule has 22 heteroatoms. The van der Waals surface area contributed by atoms with Crippen molar-refractivity contribution in [3.8, 4) is 40.1 Å². The second-order valence-electron chi connectivity index (χ2n) is 13.0. The molecule has 3 aliphatic rings. The van der Waals surface area contributed by atoms with Gasteiger partial charge in [-0.05, 0) is 18.2 Å². The van der Waals surface area contributed by atoms with Crippen molar-refractivity contribution >= 4 is 11.0 Å². The van der Waals surface area contributed by atoms with Gasteiger partial charge in [-0.2, -0.15) is 0 Å². The zero-order chi connectivity index (χ0) is 40.0. The molecule has 0 saturated carbocycles. The molecule has 15 atom stereocenters. The minimum atomic E-state index is -2.05. The van der Waals surface area contributed by atoms with Crippen LogP contribution in [0.5, 0.6) is 28.7 Å². The first kappa shape index (κ1) is 40.7. The van der Waals surface area contributed by atoms with Gasteiger partial charge in [0, 0.05) is 17.7 Å². The van der Waals surface area contributed by atoms with E-state index in [9.17, 15) is 76.3 Å². The third kappa shape index (κ3) is 7.63. The summed E-state index contributed by atoms with van der Waals surface area (Å²) in [6, 6.07) is 5.03. The highest BCUT2D eigenvalue weighted by molar-refractivity contribution is 5.88. The molecule has 3 aliphatic heterocycles. The van der Waals surface area contributed by atoms with E-state index in [2.05, 4.69) is 0 Å². The van der Waals surface area contributed by atoms with Crippen molar-refractivity contribution in [2.75, 3.05) is 19.8 Å². The summed E-state index contributed by atoms with van der Waals surface area (Å²) in [7, 11) is 0. The van der Waals surface area contributed by atoms with Gasteiger partial charge in [-0.15, -0.1) is 0 Å². The van der Waals surface area contributed by atoms with E-state index in [1.807, 2.05) is 0 Å². The van der Waals surface area contributed by atoms with E-state index in [4.69, 9.17) is 32.8 Å². The number of aliphatic hydroxyl groups excluding tert-OH is 11. The van der Waals surface area contributed by atoms with Crippen molar-refractivity contribution in [1.29, 1.82) is 0 Å². The van der Waals surface area contributed by atoms with Crippen LogP contribution in [0.2, 0.25) is 0 Å². The number of hydrogen-bond donors (Lipinski definition) is 14. The number of aromatic hydroxyl groups is 3. The number of rotatable bonds is 10. The first-order chi connectivity index (χ1) is 26.1. The van der Waals surface area contributed by atoms with Crippen LogP contribution in [-0.4, -0.2) is 183 Å². The molecule has 0 radical (unpaired) electrons. The number of ether oxygens (including phenoxy) is 6. The summed E-state index contributed by atoms with van der Waals surface area (Å²) in [6.07, 6.45) is -27.2. The first-order valence-corrected chi connectivity index (χ1v) is 16.7. The fraction of sp³-hybridized carbons (Fsp3) is 0.545. The summed E-state index contributed by atoms with van der Waals surface area (Å²) < 4.78 is 39.5. The van der Waals surface area contributed by atoms with Gasteiger partial charge in [0.1, 0.15) is 89.6 Å². The summed E-state index contributed by atoms with van der Waals surface area (Å²) in [4.78, 5) is 14.2. The Labute approximate surface area is 307 Å². The topological polar surface area (TPSA) is 369 Å². The maximum Gasteiger partial charge on any atom is 0.239 e. The number of phenolic OH excluding ortho intramolecular Hbond substituents is 3. The van der Waals surface area contributed by atoms with E-state index in [1.165, 1.54) is 6.07 Å². The molecule has 3 fully saturated rings. The summed E-state index contributed by atoms with van der Waals surface area (Å²) in [6.45, 7) is -2.56. The number of benzene rings is 2. The minimum absolute atomic E-state index is 0.162. The molecule has 0 unspecified atom stereocenters. The van der Waals surface area contributed by atoms with Crippen molar-refractivity contribution < 1.29 is 104 Å². The minimum Gasteiger partial charge on any atom is -0.507 e. The monoisotopic (exact) mass is 788 g/mol. The number of fused-ring (bicyclic) bond motifs is 1. The lowest BCUT2D eigenvalue weighted by atomic mass is 9.97. The second kappa shape index (κ2) is 16.3. The van der Waals surface area contributed by atoms with Gasteiger partial charge in [0.15, 0.2) is 29.7 Å². The molecule has 0 aliphatic carbocycles. The van der Waals surface area contributed by atoms with Gasteiger partial charge in [0.25, 0.3) is 0 Å². The number of aliphatic hydroxyl groups is 11. The zero-order valence-electron chi connectivity index (χ0n) is 28.2. The average molecular weight is 789 g/mol. The Morgan fingerprint density at radius 1 is 0.564 bits per heavy atom. The SMILES string of the molecule is O=c1c(O[C@H]2O[C@H](CO)[C@@H](O)[C@H](O)[C@H]2O[C@@H]2O[C@H](CO)[C@@H](O)[C@H](O)[C@H]2O)c(-c2ccc(O)c(O)c2)oc2cc(O[C@@H]3O[C@H](CO)[C@@H](O)[C@H](O)[C@H]3O)cc(O)c12. The molecule has 2 aromatic carbocycles. The maximum atomic E-state index is 14.2. The summed E-state index contributed by atoms with van der Waals surface area (Å²) in [5.74, 6) is -3.84. The van der Waals surface area contributed by atoms with Crippen molar-refractivity contribution in [3.63, 3.8) is 0 Å². The van der Waals surface area contributed by atoms with Gasteiger partial charge in [-0.25, -0.2) is 0 Å². The van der Waals surface area contributed by atoms with Crippen molar-refractivity contribution in [2.45, 2.75) is 92.1 Å². The Bertz CT molecular complexity index is 1870. The van der Waals surface area contributed by atoms with Gasteiger partial charge in [-0.3, -0.25) is 4.79 Å². The quantitative estimate of drug-likeness (QED) is 0.0853. The van der Waals surface area contributed by atoms with Crippen LogP contribution in [0.3, 0.4) is 0 Å². The zero-order valence-corrected chi connectivity index (χ0v) is 28.2. The molecule has 0 spiro atoms. The Hall–Kier alpha value is -3.95. The van der Waals surface area contributed by atoms with Gasteiger partial charge in [0.2, 0.25) is 23.8 Å². The van der Waals surface area contributed by atoms with Crippen LogP contribution in [0.25, 0.3) is 22.3 Å². The lowest BCUT2D eigenvalue weighted by Gasteiger charge is -2.45. The lowest BCUT2D eigenvalue weighted by molar-refractivity contribution is -0.358. The molecule has 0 bridgehead atoms. The summed E-state index contributed by atoms with van der Waals surface area (Å²) in [5, 5.41) is 143. The van der Waals surface area contributed by atoms with Crippen LogP contribution in [0, 0.1) is 0 Å². The molecule has 55 heavy (non-hydrogen) atoms. The van der Waals surface area contributed by atoms with Crippen LogP contribution < -0.4 is 14.9 Å². The first-order valence-electron chi connectivity index (χ1n) is 16.7. The summed E-state index contributed by atoms with van der Waals surface area (Å²) in [5.41, 5.74) is -1.77. The van der Waals surface area contributed by atoms with Crippen LogP contribution in [0.4, 0.5) is 0 Å². The molecule has 3 aromatic rings. The fourth-order valence-corrected chi connectivity index (χ4v) is 6.33. The largest absolute Gasteiger partial charge is 0.507 e. The number of phenols is 3. The molecule has 6 rings (SSSR count). The van der Waals surface area contributed by atoms with Crippen LogP contribution in [0.1, 0.15) is 0 Å². The molecule has 22 nitrogen and oxygen atoms in total. The lowest BCUT2D eigenvalue weighted by Crippen LogP contribution is -2.65. The van der Waals surface area contributed by atoms with E-state index >= 15 is 0 Å². The van der Waals surface area contributed by atoms with Crippen molar-refractivity contribution in [1.82, 2.24) is 0 Å². The molecule has 304 valence electrons. The Morgan fingerprint density at radius 3 is 1.69 bits per heavy atom. The normalized spacial score (nSPS) is 36.8. The van der Waals surface area contributed by atoms with Crippen LogP contribution >= 0.6 is 0 Å². The van der Waals surface area contributed by atoms with Gasteiger partial charge >= 0.3 is 0 Å². The highest BCUT2D eigenvalue weighted by Gasteiger charge is 2.52. The van der Waals surface area contributed by atoms with Crippen molar-refractivity contribution in [2.24, 2.45) is 0 Å². The third-order valence-corrected chi connectivity index (χ3v) is 9.44. The molecular weight excluding hydrogens is 748 g/mol. The fourth-order valence-electron chi connectivity index (χ4n) is 6.33. The predicted octanol–water partition coefficient (Wildman–Crippen LogP) is -5.24. The average Bonchev–Trinajstić information content (AvgIpc) is 3.16. The van der Waals surface area contributed by atoms with E-state index in [1.54, 1.807) is 0 Å². The van der Waals surface area contributed by atoms with Gasteiger partial charge in [-0.1, -0.05) is 0 Å². The molecule has 1 aromatic heterocycles. The Morgan fingerprint density at radius 2 is 1.11 bits per heavy atom. The van der Waals surface area contributed by atoms with E-state index in [0.29, 0.717) is 0 Å². The smallest absolute Gasteiger partial charge is 0.239 e. The number of hydrogen-bond acceptors (Lipinski definition) is 22. The Kier molecular flexibility index (Phi) is 12.0. The molecule has 0 amide bonds. The maximum absolute atomic E-state index is 14.2.